The number of ether oxygens (including phenoxy) is 6. The number of piperazine rings is 5. The maximum atomic E-state index is 15.0. The van der Waals surface area contributed by atoms with Crippen molar-refractivity contribution in [1.29, 1.82) is 0 Å². The van der Waals surface area contributed by atoms with Gasteiger partial charge in [0.25, 0.3) is 0 Å². The zero-order valence-corrected chi connectivity index (χ0v) is 99.5. The van der Waals surface area contributed by atoms with E-state index >= 15 is 4.39 Å². The fourth-order valence-electron chi connectivity index (χ4n) is 14.6. The van der Waals surface area contributed by atoms with E-state index in [-0.39, 0.29) is 99.0 Å². The summed E-state index contributed by atoms with van der Waals surface area (Å²) in [6, 6.07) is 24.3. The summed E-state index contributed by atoms with van der Waals surface area (Å²) in [5.41, 5.74) is 2.39. The lowest BCUT2D eigenvalue weighted by molar-refractivity contribution is 0.0230. The summed E-state index contributed by atoms with van der Waals surface area (Å²) in [5, 5.41) is 10.7. The zero-order chi connectivity index (χ0) is 112. The molecule has 0 aliphatic carbocycles. The summed E-state index contributed by atoms with van der Waals surface area (Å²) in [5.74, 6) is -1.69. The maximum Gasteiger partial charge on any atom is 0.410 e. The Morgan fingerprint density at radius 1 is 0.320 bits per heavy atom. The molecular weight excluding hydrogens is 1960 g/mol. The van der Waals surface area contributed by atoms with Gasteiger partial charge in [0.2, 0.25) is 8.32 Å². The summed E-state index contributed by atoms with van der Waals surface area (Å²) in [6.45, 7) is 86.5. The first-order valence-corrected chi connectivity index (χ1v) is 62.9. The Balaban J connectivity index is 0.000000282. The van der Waals surface area contributed by atoms with Crippen LogP contribution in [0.5, 0.6) is 0 Å². The molecule has 0 radical (unpaired) electrons. The third kappa shape index (κ3) is 39.1. The average Bonchev–Trinajstić information content (AvgIpc) is 0.813. The Bertz CT molecular complexity index is 5220. The van der Waals surface area contributed by atoms with Gasteiger partial charge in [-0.05, 0) is 273 Å². The van der Waals surface area contributed by atoms with E-state index in [0.717, 1.165) is 5.56 Å². The van der Waals surface area contributed by atoms with Gasteiger partial charge in [-0.25, -0.2) is 45.9 Å². The quantitative estimate of drug-likeness (QED) is 0.0222. The molecule has 37 heteroatoms. The molecule has 5 aromatic carbocycles. The van der Waals surface area contributed by atoms with Crippen LogP contribution in [-0.2, 0) is 46.1 Å². The lowest BCUT2D eigenvalue weighted by atomic mass is 10.1. The van der Waals surface area contributed by atoms with Gasteiger partial charge in [-0.1, -0.05) is 102 Å². The molecule has 5 heterocycles. The van der Waals surface area contributed by atoms with E-state index in [9.17, 15) is 56.2 Å². The Labute approximate surface area is 879 Å². The van der Waals surface area contributed by atoms with Gasteiger partial charge in [-0.15, -0.1) is 0 Å². The lowest BCUT2D eigenvalue weighted by Gasteiger charge is -2.37. The smallest absolute Gasteiger partial charge is 0.410 e. The SMILES string of the molecule is C=C(O[Si](C)(C)C(C)(C)C)c1ccc(N2CCN(C(=O)OC(C)(C)C)CC2)c(F)c1.CC(=O)c1ccc(N2CCN(C(=O)OC(C)(C)C)CC2)c(F)c1.CC(C)(C)OC(=O)N1CCN(c2ccc(C(=O)CO[Si](C)(C)C(C)(C)C)cc2F)CC1.CC(C)(C)OC(=O)N1CCN(c2ccc(C(O)CO[Si](C)(C)C(C)(C)C)cc2F)CC1.COC(CO[Si](C)(C)C(C)(C)C)c1ccc(N2CCN(C(=O)OC(C)(C)C)CC2)c(F)c1. The van der Waals surface area contributed by atoms with Crippen molar-refractivity contribution in [3.63, 3.8) is 0 Å². The minimum Gasteiger partial charge on any atom is -0.543 e. The van der Waals surface area contributed by atoms with Crippen LogP contribution in [0.4, 0.5) is 74.4 Å². The highest BCUT2D eigenvalue weighted by atomic mass is 28.4. The van der Waals surface area contributed by atoms with E-state index in [1.54, 1.807) is 86.2 Å². The first kappa shape index (κ1) is 126. The summed E-state index contributed by atoms with van der Waals surface area (Å²) >= 11 is 0. The van der Waals surface area contributed by atoms with E-state index in [1.807, 2.05) is 140 Å². The minimum atomic E-state index is -2.05. The Kier molecular flexibility index (Phi) is 44.0. The Morgan fingerprint density at radius 3 is 0.810 bits per heavy atom. The highest BCUT2D eigenvalue weighted by Gasteiger charge is 2.44. The fraction of sp³-hybridized carbons (Fsp3) is 0.645. The van der Waals surface area contributed by atoms with Crippen molar-refractivity contribution in [2.75, 3.05) is 182 Å². The van der Waals surface area contributed by atoms with Gasteiger partial charge in [-0.3, -0.25) is 9.59 Å². The molecule has 147 heavy (non-hydrogen) atoms. The molecule has 0 bridgehead atoms. The minimum absolute atomic E-state index is 0.00381. The van der Waals surface area contributed by atoms with Gasteiger partial charge in [0.1, 0.15) is 75.1 Å². The van der Waals surface area contributed by atoms with Crippen LogP contribution in [0.25, 0.3) is 5.76 Å². The number of aliphatic hydroxyl groups is 1. The second-order valence-corrected chi connectivity index (χ2v) is 68.5. The molecule has 5 amide bonds. The van der Waals surface area contributed by atoms with Crippen molar-refractivity contribution in [2.45, 2.75) is 307 Å². The molecule has 10 rings (SSSR count). The molecule has 0 aromatic heterocycles. The number of benzene rings is 5. The normalized spacial score (nSPS) is 16.2. The number of carbonyl (C=O) groups is 7. The third-order valence-corrected chi connectivity index (χ3v) is 45.5. The molecule has 5 aromatic rings. The predicted molar refractivity (Wildman–Crippen MR) is 588 cm³/mol. The number of hydrogen-bond donors (Lipinski definition) is 1. The summed E-state index contributed by atoms with van der Waals surface area (Å²) in [6.07, 6.45) is -2.87. The highest BCUT2D eigenvalue weighted by molar-refractivity contribution is 6.75. The number of methoxy groups -OCH3 is 1. The number of ketones is 2. The number of rotatable bonds is 22. The first-order chi connectivity index (χ1) is 67.1. The van der Waals surface area contributed by atoms with Crippen molar-refractivity contribution in [3.05, 3.63) is 154 Å². The van der Waals surface area contributed by atoms with Gasteiger partial charge < -0.3 is 100 Å². The van der Waals surface area contributed by atoms with Crippen molar-refractivity contribution < 1.29 is 107 Å². The van der Waals surface area contributed by atoms with Gasteiger partial charge >= 0.3 is 30.5 Å². The molecule has 5 fully saturated rings. The van der Waals surface area contributed by atoms with E-state index in [2.05, 4.69) is 142 Å². The van der Waals surface area contributed by atoms with Crippen molar-refractivity contribution in [3.8, 4) is 0 Å². The van der Waals surface area contributed by atoms with E-state index in [4.69, 9.17) is 46.1 Å². The van der Waals surface area contributed by atoms with Gasteiger partial charge in [0, 0.05) is 155 Å². The van der Waals surface area contributed by atoms with Crippen molar-refractivity contribution in [1.82, 2.24) is 24.5 Å². The largest absolute Gasteiger partial charge is 0.543 e. The molecule has 2 unspecified atom stereocenters. The second-order valence-electron chi connectivity index (χ2n) is 49.4. The second kappa shape index (κ2) is 51.2. The molecular formula is C110H177F5N10O18Si4. The van der Waals surface area contributed by atoms with Crippen LogP contribution in [0.15, 0.2) is 97.6 Å². The van der Waals surface area contributed by atoms with Crippen LogP contribution >= 0.6 is 0 Å². The highest BCUT2D eigenvalue weighted by Crippen LogP contribution is 2.43. The standard InChI is InChI=1S/C24H41FN2O4Si.C23H39FN2O4Si.C23H37FN2O4Si.C23H37FN2O3Si.C17H23FN2O3/c1-23(2,3)31-22(28)27-14-12-26(13-15-27)20-11-10-18(16-19(20)25)21(29-7)17-30-32(8,9)24(4,5)6;2*1-22(2,3)30-21(28)26-13-11-25(12-14-26)19-10-9-17(15-18(19)24)20(27)16-29-31(7,8)23(4,5)6;1-17(29-30(8,9)23(5,6)7)18-10-11-20(19(24)16-18)25-12-14-26(15-13-25)21(27)28-22(2,3)4;1-12(21)13-5-6-15(14(18)11-13)19-7-9-20(10-8-19)16(22)23-17(2,3)4/h10-11,16,21H,12-15,17H2,1-9H3;9-10,15,20,27H,11-14,16H2,1-8H3;9-10,15H,11-14,16H2,1-8H3;10-11,16H,1,12-15H2,2-9H3;5-6,11H,7-10H2,1-4H3. The number of Topliss-reactive ketones (excluding diaryl/α,β-unsaturated/α-hetero) is 2. The van der Waals surface area contributed by atoms with Crippen LogP contribution < -0.4 is 24.5 Å². The van der Waals surface area contributed by atoms with E-state index in [1.165, 1.54) is 31.2 Å². The van der Waals surface area contributed by atoms with Crippen molar-refractivity contribution >= 4 is 109 Å². The monoisotopic (exact) mass is 2130 g/mol. The number of carbonyl (C=O) groups excluding carboxylic acids is 7. The van der Waals surface area contributed by atoms with Crippen LogP contribution in [0.3, 0.4) is 0 Å². The van der Waals surface area contributed by atoms with Gasteiger partial charge in [0.05, 0.1) is 48.3 Å². The number of anilines is 5. The van der Waals surface area contributed by atoms with Crippen LogP contribution in [0.2, 0.25) is 72.5 Å². The topological polar surface area (TPSA) is 264 Å². The predicted octanol–water partition coefficient (Wildman–Crippen LogP) is 24.6. The van der Waals surface area contributed by atoms with Crippen LogP contribution in [-0.4, -0.2) is 291 Å². The number of aliphatic hydroxyl groups excluding tert-OH is 1. The Morgan fingerprint density at radius 2 is 0.551 bits per heavy atom. The lowest BCUT2D eigenvalue weighted by Crippen LogP contribution is -2.50. The summed E-state index contributed by atoms with van der Waals surface area (Å²) < 4.78 is 131. The fourth-order valence-corrected chi connectivity index (χ4v) is 18.5. The third-order valence-electron chi connectivity index (χ3n) is 27.6. The summed E-state index contributed by atoms with van der Waals surface area (Å²) in [4.78, 5) is 103. The summed E-state index contributed by atoms with van der Waals surface area (Å²) in [7, 11) is -6.36. The van der Waals surface area contributed by atoms with Crippen molar-refractivity contribution in [2.24, 2.45) is 0 Å². The van der Waals surface area contributed by atoms with Gasteiger partial charge in [-0.2, -0.15) is 0 Å². The molecule has 826 valence electrons. The number of hydrogen-bond acceptors (Lipinski definition) is 23. The Hall–Kier alpha value is -9.35. The molecule has 0 spiro atoms. The van der Waals surface area contributed by atoms with Crippen LogP contribution in [0.1, 0.15) is 243 Å². The number of amides is 5. The molecule has 2 atom stereocenters. The van der Waals surface area contributed by atoms with E-state index in [0.29, 0.717) is 194 Å². The number of nitrogens with zero attached hydrogens (tertiary/aromatic N) is 10. The molecule has 5 aliphatic rings. The zero-order valence-electron chi connectivity index (χ0n) is 95.5. The molecule has 28 nitrogen and oxygen atoms in total. The van der Waals surface area contributed by atoms with Crippen LogP contribution in [0, 0.1) is 29.1 Å². The molecule has 0 saturated carbocycles. The van der Waals surface area contributed by atoms with E-state index < -0.39 is 79.0 Å². The molecule has 5 aliphatic heterocycles. The molecule has 1 N–H and O–H groups in total. The molecule has 5 saturated heterocycles. The number of halogens is 5. The first-order valence-electron chi connectivity index (χ1n) is 51.3. The average molecular weight is 2140 g/mol. The van der Waals surface area contributed by atoms with Gasteiger partial charge in [0.15, 0.2) is 36.5 Å². The maximum absolute atomic E-state index is 15.0.